The summed E-state index contributed by atoms with van der Waals surface area (Å²) in [4.78, 5) is 0. The van der Waals surface area contributed by atoms with Crippen LogP contribution in [0.5, 0.6) is 0 Å². The maximum Gasteiger partial charge on any atom is 0.235 e. The second kappa shape index (κ2) is 5.55. The molecule has 18 heavy (non-hydrogen) atoms. The molecular weight excluding hydrogens is 279 g/mol. The summed E-state index contributed by atoms with van der Waals surface area (Å²) in [5, 5.41) is -0.585. The summed E-state index contributed by atoms with van der Waals surface area (Å²) in [5.41, 5.74) is 0.886. The fourth-order valence-electron chi connectivity index (χ4n) is 2.26. The van der Waals surface area contributed by atoms with Gasteiger partial charge >= 0.3 is 0 Å². The molecule has 1 aliphatic heterocycles. The van der Waals surface area contributed by atoms with Crippen LogP contribution < -0.4 is 0 Å². The summed E-state index contributed by atoms with van der Waals surface area (Å²) in [6.45, 7) is 0.782. The number of rotatable bonds is 3. The van der Waals surface area contributed by atoms with Gasteiger partial charge in [-0.25, -0.2) is 12.8 Å². The van der Waals surface area contributed by atoms with Crippen LogP contribution in [0.1, 0.15) is 12.0 Å². The van der Waals surface area contributed by atoms with Crippen molar-refractivity contribution >= 4 is 19.7 Å². The van der Waals surface area contributed by atoms with Gasteiger partial charge in [0.2, 0.25) is 9.05 Å². The molecule has 0 N–H and O–H groups in total. The first-order valence-corrected chi connectivity index (χ1v) is 8.10. The molecule has 2 rings (SSSR count). The van der Waals surface area contributed by atoms with E-state index in [9.17, 15) is 12.8 Å². The topological polar surface area (TPSA) is 43.4 Å². The SMILES string of the molecule is O=S(=O)(Cl)[C@@H]1CCOC[C@@H]1Cc1ccc(F)cc1. The van der Waals surface area contributed by atoms with Gasteiger partial charge < -0.3 is 4.74 Å². The minimum absolute atomic E-state index is 0.174. The summed E-state index contributed by atoms with van der Waals surface area (Å²) < 4.78 is 41.1. The van der Waals surface area contributed by atoms with E-state index >= 15 is 0 Å². The van der Waals surface area contributed by atoms with Crippen LogP contribution in [0.25, 0.3) is 0 Å². The Labute approximate surface area is 110 Å². The molecule has 0 bridgehead atoms. The van der Waals surface area contributed by atoms with Crippen molar-refractivity contribution in [3.8, 4) is 0 Å². The van der Waals surface area contributed by atoms with Gasteiger partial charge in [0.1, 0.15) is 5.82 Å². The molecule has 2 atom stereocenters. The average molecular weight is 293 g/mol. The van der Waals surface area contributed by atoms with Gasteiger partial charge in [0.05, 0.1) is 11.9 Å². The van der Waals surface area contributed by atoms with E-state index < -0.39 is 14.3 Å². The van der Waals surface area contributed by atoms with Crippen LogP contribution in [0.3, 0.4) is 0 Å². The van der Waals surface area contributed by atoms with Crippen molar-refractivity contribution in [2.45, 2.75) is 18.1 Å². The van der Waals surface area contributed by atoms with Crippen molar-refractivity contribution in [1.82, 2.24) is 0 Å². The van der Waals surface area contributed by atoms with Crippen molar-refractivity contribution in [3.05, 3.63) is 35.6 Å². The number of benzene rings is 1. The molecule has 0 amide bonds. The predicted octanol–water partition coefficient (Wildman–Crippen LogP) is 2.34. The molecule has 1 aromatic rings. The standard InChI is InChI=1S/C12H14ClFO3S/c13-18(15,16)12-5-6-17-8-10(12)7-9-1-3-11(14)4-2-9/h1-4,10,12H,5-8H2/t10-,12+/m0/s1. The smallest absolute Gasteiger partial charge is 0.235 e. The Balaban J connectivity index is 2.13. The molecule has 1 fully saturated rings. The van der Waals surface area contributed by atoms with Gasteiger partial charge in [0.15, 0.2) is 0 Å². The molecule has 0 unspecified atom stereocenters. The summed E-state index contributed by atoms with van der Waals surface area (Å²) in [6, 6.07) is 6.04. The predicted molar refractivity (Wildman–Crippen MR) is 67.6 cm³/mol. The Morgan fingerprint density at radius 2 is 2.00 bits per heavy atom. The van der Waals surface area contributed by atoms with E-state index in [1.165, 1.54) is 12.1 Å². The highest BCUT2D eigenvalue weighted by Crippen LogP contribution is 2.27. The van der Waals surface area contributed by atoms with Crippen LogP contribution in [-0.2, 0) is 20.2 Å². The quantitative estimate of drug-likeness (QED) is 0.803. The zero-order valence-electron chi connectivity index (χ0n) is 9.68. The van der Waals surface area contributed by atoms with E-state index in [0.717, 1.165) is 5.56 Å². The highest BCUT2D eigenvalue weighted by atomic mass is 35.7. The summed E-state index contributed by atoms with van der Waals surface area (Å²) >= 11 is 0. The average Bonchev–Trinajstić information content (AvgIpc) is 2.31. The molecule has 100 valence electrons. The van der Waals surface area contributed by atoms with Gasteiger partial charge in [-0.05, 0) is 30.5 Å². The lowest BCUT2D eigenvalue weighted by molar-refractivity contribution is 0.0577. The highest BCUT2D eigenvalue weighted by Gasteiger charge is 2.34. The number of ether oxygens (including phenoxy) is 1. The number of halogens is 2. The summed E-state index contributed by atoms with van der Waals surface area (Å²) in [7, 11) is 1.87. The first-order chi connectivity index (χ1) is 8.47. The molecule has 1 aromatic carbocycles. The van der Waals surface area contributed by atoms with Gasteiger partial charge in [-0.15, -0.1) is 0 Å². The Hall–Kier alpha value is -0.650. The van der Waals surface area contributed by atoms with Crippen molar-refractivity contribution in [2.24, 2.45) is 5.92 Å². The second-order valence-corrected chi connectivity index (χ2v) is 7.32. The number of hydrogen-bond donors (Lipinski definition) is 0. The molecule has 1 aliphatic rings. The van der Waals surface area contributed by atoms with E-state index in [0.29, 0.717) is 26.1 Å². The van der Waals surface area contributed by atoms with Gasteiger partial charge in [-0.3, -0.25) is 0 Å². The first-order valence-electron chi connectivity index (χ1n) is 5.72. The van der Waals surface area contributed by atoms with Crippen molar-refractivity contribution in [1.29, 1.82) is 0 Å². The molecule has 6 heteroatoms. The van der Waals surface area contributed by atoms with E-state index in [4.69, 9.17) is 15.4 Å². The van der Waals surface area contributed by atoms with Crippen LogP contribution in [0.15, 0.2) is 24.3 Å². The second-order valence-electron chi connectivity index (χ2n) is 4.47. The van der Waals surface area contributed by atoms with Crippen LogP contribution >= 0.6 is 10.7 Å². The van der Waals surface area contributed by atoms with Crippen LogP contribution in [0.4, 0.5) is 4.39 Å². The summed E-state index contributed by atoms with van der Waals surface area (Å²) in [5.74, 6) is -0.480. The molecular formula is C12H14ClFO3S. The Morgan fingerprint density at radius 1 is 1.33 bits per heavy atom. The molecule has 1 saturated heterocycles. The monoisotopic (exact) mass is 292 g/mol. The minimum atomic E-state index is -3.59. The van der Waals surface area contributed by atoms with Crippen molar-refractivity contribution in [2.75, 3.05) is 13.2 Å². The normalized spacial score (nSPS) is 25.0. The zero-order valence-corrected chi connectivity index (χ0v) is 11.3. The van der Waals surface area contributed by atoms with Crippen LogP contribution in [0.2, 0.25) is 0 Å². The first kappa shape index (κ1) is 13.8. The summed E-state index contributed by atoms with van der Waals surface area (Å²) in [6.07, 6.45) is 0.939. The fourth-order valence-corrected chi connectivity index (χ4v) is 3.98. The molecule has 0 saturated carbocycles. The van der Waals surface area contributed by atoms with Gasteiger partial charge in [-0.1, -0.05) is 12.1 Å². The fraction of sp³-hybridized carbons (Fsp3) is 0.500. The third-order valence-corrected chi connectivity index (χ3v) is 5.21. The van der Waals surface area contributed by atoms with Crippen molar-refractivity contribution in [3.63, 3.8) is 0 Å². The molecule has 3 nitrogen and oxygen atoms in total. The third-order valence-electron chi connectivity index (χ3n) is 3.18. The molecule has 1 heterocycles. The van der Waals surface area contributed by atoms with E-state index in [1.807, 2.05) is 0 Å². The van der Waals surface area contributed by atoms with E-state index in [2.05, 4.69) is 0 Å². The lowest BCUT2D eigenvalue weighted by Gasteiger charge is -2.29. The Kier molecular flexibility index (Phi) is 4.25. The lowest BCUT2D eigenvalue weighted by Crippen LogP contribution is -2.37. The Morgan fingerprint density at radius 3 is 2.61 bits per heavy atom. The van der Waals surface area contributed by atoms with E-state index in [1.54, 1.807) is 12.1 Å². The van der Waals surface area contributed by atoms with E-state index in [-0.39, 0.29) is 11.7 Å². The maximum absolute atomic E-state index is 12.8. The molecule has 0 radical (unpaired) electrons. The minimum Gasteiger partial charge on any atom is -0.381 e. The highest BCUT2D eigenvalue weighted by molar-refractivity contribution is 8.14. The third kappa shape index (κ3) is 3.43. The zero-order chi connectivity index (χ0) is 13.2. The number of hydrogen-bond acceptors (Lipinski definition) is 3. The molecule has 0 spiro atoms. The largest absolute Gasteiger partial charge is 0.381 e. The molecule has 0 aromatic heterocycles. The Bertz CT molecular complexity index is 501. The van der Waals surface area contributed by atoms with Crippen molar-refractivity contribution < 1.29 is 17.5 Å². The van der Waals surface area contributed by atoms with Gasteiger partial charge in [-0.2, -0.15) is 0 Å². The molecule has 0 aliphatic carbocycles. The lowest BCUT2D eigenvalue weighted by atomic mass is 9.93. The van der Waals surface area contributed by atoms with Gasteiger partial charge in [0.25, 0.3) is 0 Å². The maximum atomic E-state index is 12.8. The van der Waals surface area contributed by atoms with Crippen LogP contribution in [0, 0.1) is 11.7 Å². The van der Waals surface area contributed by atoms with Crippen LogP contribution in [-0.4, -0.2) is 26.9 Å². The van der Waals surface area contributed by atoms with Gasteiger partial charge in [0, 0.05) is 23.2 Å².